The van der Waals surface area contributed by atoms with E-state index in [0.29, 0.717) is 5.25 Å². The highest BCUT2D eigenvalue weighted by molar-refractivity contribution is 8.01. The number of hydrogen-bond acceptors (Lipinski definition) is 2. The predicted octanol–water partition coefficient (Wildman–Crippen LogP) is 4.02. The van der Waals surface area contributed by atoms with Crippen molar-refractivity contribution in [2.75, 3.05) is 6.54 Å². The maximum Gasteiger partial charge on any atom is 0.0505 e. The lowest BCUT2D eigenvalue weighted by Gasteiger charge is -2.26. The average molecular weight is 227 g/mol. The topological polar surface area (TPSA) is 12.4 Å². The summed E-state index contributed by atoms with van der Waals surface area (Å²) in [5.41, 5.74) is 0. The molecule has 3 unspecified atom stereocenters. The van der Waals surface area contributed by atoms with Gasteiger partial charge >= 0.3 is 0 Å². The molecule has 3 atom stereocenters. The molecule has 88 valence electrons. The summed E-state index contributed by atoms with van der Waals surface area (Å²) >= 11 is 2.15. The minimum atomic E-state index is 0.678. The van der Waals surface area contributed by atoms with Crippen molar-refractivity contribution in [3.05, 3.63) is 0 Å². The fourth-order valence-corrected chi connectivity index (χ4v) is 3.72. The van der Waals surface area contributed by atoms with Gasteiger partial charge in [0.1, 0.15) is 0 Å². The van der Waals surface area contributed by atoms with E-state index in [0.717, 1.165) is 23.6 Å². The molecule has 0 spiro atoms. The van der Waals surface area contributed by atoms with Crippen LogP contribution in [-0.4, -0.2) is 23.3 Å². The molecule has 1 aliphatic rings. The molecule has 1 aliphatic heterocycles. The van der Waals surface area contributed by atoms with Crippen LogP contribution in [0.15, 0.2) is 4.99 Å². The van der Waals surface area contributed by atoms with E-state index >= 15 is 0 Å². The molecule has 0 saturated carbocycles. The Morgan fingerprint density at radius 3 is 2.67 bits per heavy atom. The highest BCUT2D eigenvalue weighted by Crippen LogP contribution is 2.30. The molecule has 1 rings (SSSR count). The van der Waals surface area contributed by atoms with Crippen LogP contribution in [0, 0.1) is 11.8 Å². The molecule has 0 amide bonds. The summed E-state index contributed by atoms with van der Waals surface area (Å²) in [7, 11) is 0. The first-order valence-corrected chi connectivity index (χ1v) is 7.21. The van der Waals surface area contributed by atoms with Crippen molar-refractivity contribution in [3.63, 3.8) is 0 Å². The van der Waals surface area contributed by atoms with Crippen LogP contribution in [-0.2, 0) is 0 Å². The number of thioether (sulfide) groups is 1. The van der Waals surface area contributed by atoms with Crippen LogP contribution in [0.4, 0.5) is 0 Å². The van der Waals surface area contributed by atoms with Crippen LogP contribution >= 0.6 is 11.8 Å². The van der Waals surface area contributed by atoms with Crippen molar-refractivity contribution in [2.24, 2.45) is 16.8 Å². The summed E-state index contributed by atoms with van der Waals surface area (Å²) in [6, 6.07) is 0. The first kappa shape index (κ1) is 13.1. The number of nitrogens with zero attached hydrogens (tertiary/aromatic N) is 1. The van der Waals surface area contributed by atoms with Gasteiger partial charge in [-0.2, -0.15) is 0 Å². The SMILES string of the molecule is CCC(C)CC1C=NCC(CC(C)C)S1. The molecule has 0 N–H and O–H groups in total. The third kappa shape index (κ3) is 5.05. The van der Waals surface area contributed by atoms with Crippen molar-refractivity contribution < 1.29 is 0 Å². The number of hydrogen-bond donors (Lipinski definition) is 0. The van der Waals surface area contributed by atoms with E-state index < -0.39 is 0 Å². The molecule has 0 aliphatic carbocycles. The first-order chi connectivity index (χ1) is 7.11. The summed E-state index contributed by atoms with van der Waals surface area (Å²) in [5.74, 6) is 1.65. The molecule has 0 aromatic carbocycles. The van der Waals surface area contributed by atoms with Gasteiger partial charge < -0.3 is 0 Å². The fraction of sp³-hybridized carbons (Fsp3) is 0.923. The maximum atomic E-state index is 4.53. The summed E-state index contributed by atoms with van der Waals surface area (Å²) in [4.78, 5) is 4.53. The van der Waals surface area contributed by atoms with Gasteiger partial charge in [-0.3, -0.25) is 4.99 Å². The Labute approximate surface area is 99.1 Å². The van der Waals surface area contributed by atoms with Crippen molar-refractivity contribution in [1.82, 2.24) is 0 Å². The van der Waals surface area contributed by atoms with Crippen molar-refractivity contribution >= 4 is 18.0 Å². The fourth-order valence-electron chi connectivity index (χ4n) is 1.96. The normalized spacial score (nSPS) is 28.3. The van der Waals surface area contributed by atoms with Gasteiger partial charge in [0, 0.05) is 16.7 Å². The molecule has 0 aromatic rings. The van der Waals surface area contributed by atoms with E-state index in [1.165, 1.54) is 19.3 Å². The minimum absolute atomic E-state index is 0.678. The minimum Gasteiger partial charge on any atom is -0.295 e. The summed E-state index contributed by atoms with van der Waals surface area (Å²) in [6.07, 6.45) is 6.10. The Kier molecular flexibility index (Phi) is 5.73. The number of aliphatic imine (C=N–C) groups is 1. The van der Waals surface area contributed by atoms with Crippen LogP contribution in [0.1, 0.15) is 47.0 Å². The van der Waals surface area contributed by atoms with Gasteiger partial charge in [-0.25, -0.2) is 0 Å². The zero-order valence-electron chi connectivity index (χ0n) is 10.6. The lowest BCUT2D eigenvalue weighted by molar-refractivity contribution is 0.527. The standard InChI is InChI=1S/C13H25NS/c1-5-11(4)7-13-9-14-8-12(15-13)6-10(2)3/h9-13H,5-8H2,1-4H3. The van der Waals surface area contributed by atoms with Crippen LogP contribution in [0.5, 0.6) is 0 Å². The Balaban J connectivity index is 2.35. The summed E-state index contributed by atoms with van der Waals surface area (Å²) in [6.45, 7) is 10.3. The van der Waals surface area contributed by atoms with E-state index in [1.54, 1.807) is 0 Å². The molecule has 15 heavy (non-hydrogen) atoms. The monoisotopic (exact) mass is 227 g/mol. The largest absolute Gasteiger partial charge is 0.295 e. The molecular weight excluding hydrogens is 202 g/mol. The molecule has 0 radical (unpaired) electrons. The predicted molar refractivity (Wildman–Crippen MR) is 72.1 cm³/mol. The molecular formula is C13H25NS. The molecule has 0 bridgehead atoms. The second kappa shape index (κ2) is 6.57. The average Bonchev–Trinajstić information content (AvgIpc) is 2.17. The highest BCUT2D eigenvalue weighted by Gasteiger charge is 2.21. The van der Waals surface area contributed by atoms with Crippen molar-refractivity contribution in [2.45, 2.75) is 57.5 Å². The third-order valence-electron chi connectivity index (χ3n) is 3.01. The smallest absolute Gasteiger partial charge is 0.0505 e. The Hall–Kier alpha value is 0.0200. The van der Waals surface area contributed by atoms with Gasteiger partial charge in [-0.05, 0) is 24.7 Å². The van der Waals surface area contributed by atoms with Crippen molar-refractivity contribution in [1.29, 1.82) is 0 Å². The zero-order chi connectivity index (χ0) is 11.3. The van der Waals surface area contributed by atoms with Crippen LogP contribution in [0.25, 0.3) is 0 Å². The maximum absolute atomic E-state index is 4.53. The van der Waals surface area contributed by atoms with Crippen LogP contribution in [0.2, 0.25) is 0 Å². The molecule has 1 heterocycles. The van der Waals surface area contributed by atoms with Gasteiger partial charge in [0.15, 0.2) is 0 Å². The summed E-state index contributed by atoms with van der Waals surface area (Å²) in [5, 5.41) is 1.45. The second-order valence-corrected chi connectivity index (χ2v) is 6.73. The van der Waals surface area contributed by atoms with E-state index in [9.17, 15) is 0 Å². The lowest BCUT2D eigenvalue weighted by Crippen LogP contribution is -2.23. The number of rotatable bonds is 5. The van der Waals surface area contributed by atoms with Crippen molar-refractivity contribution in [3.8, 4) is 0 Å². The van der Waals surface area contributed by atoms with E-state index in [2.05, 4.69) is 50.7 Å². The van der Waals surface area contributed by atoms with Gasteiger partial charge in [0.25, 0.3) is 0 Å². The molecule has 0 aromatic heterocycles. The second-order valence-electron chi connectivity index (χ2n) is 5.19. The Morgan fingerprint density at radius 2 is 2.07 bits per heavy atom. The first-order valence-electron chi connectivity index (χ1n) is 6.27. The highest BCUT2D eigenvalue weighted by atomic mass is 32.2. The Morgan fingerprint density at radius 1 is 1.33 bits per heavy atom. The molecule has 0 fully saturated rings. The van der Waals surface area contributed by atoms with E-state index in [1.807, 2.05) is 0 Å². The molecule has 2 heteroatoms. The molecule has 0 saturated heterocycles. The van der Waals surface area contributed by atoms with Crippen LogP contribution < -0.4 is 0 Å². The van der Waals surface area contributed by atoms with Gasteiger partial charge in [-0.1, -0.05) is 34.1 Å². The Bertz CT molecular complexity index is 201. The zero-order valence-corrected chi connectivity index (χ0v) is 11.4. The molecule has 1 nitrogen and oxygen atoms in total. The third-order valence-corrected chi connectivity index (χ3v) is 4.40. The quantitative estimate of drug-likeness (QED) is 0.691. The van der Waals surface area contributed by atoms with E-state index in [4.69, 9.17) is 0 Å². The van der Waals surface area contributed by atoms with Gasteiger partial charge in [-0.15, -0.1) is 11.8 Å². The van der Waals surface area contributed by atoms with Crippen LogP contribution in [0.3, 0.4) is 0 Å². The lowest BCUT2D eigenvalue weighted by atomic mass is 10.0. The van der Waals surface area contributed by atoms with E-state index in [-0.39, 0.29) is 0 Å². The summed E-state index contributed by atoms with van der Waals surface area (Å²) < 4.78 is 0. The van der Waals surface area contributed by atoms with Gasteiger partial charge in [0.05, 0.1) is 6.54 Å². The van der Waals surface area contributed by atoms with Gasteiger partial charge in [0.2, 0.25) is 0 Å².